The molecule has 1 aliphatic carbocycles. The summed E-state index contributed by atoms with van der Waals surface area (Å²) in [6, 6.07) is 34.9. The number of rotatable bonds is 1. The monoisotopic (exact) mass is 461 g/mol. The fraction of sp³-hybridized carbons (Fsp3) is 0.0909. The highest BCUT2D eigenvalue weighted by atomic mass is 15.2. The van der Waals surface area contributed by atoms with Gasteiger partial charge in [-0.2, -0.15) is 0 Å². The molecule has 0 spiro atoms. The van der Waals surface area contributed by atoms with Gasteiger partial charge in [-0.1, -0.05) is 86.6 Å². The largest absolute Gasteiger partial charge is 0.278 e. The Morgan fingerprint density at radius 2 is 1.44 bits per heavy atom. The SMILES string of the molecule is CC1(C)c2ccccc2-c2ccc3cc4c(cc3c21)c1ccccc1n4-c1ncc2ccccc2n1. The van der Waals surface area contributed by atoms with Crippen LogP contribution in [-0.4, -0.2) is 14.5 Å². The molecule has 0 amide bonds. The second-order valence-corrected chi connectivity index (χ2v) is 10.3. The molecule has 0 saturated carbocycles. The van der Waals surface area contributed by atoms with Crippen molar-refractivity contribution in [3.8, 4) is 17.1 Å². The Morgan fingerprint density at radius 1 is 0.639 bits per heavy atom. The van der Waals surface area contributed by atoms with Crippen LogP contribution in [-0.2, 0) is 5.41 Å². The van der Waals surface area contributed by atoms with Crippen molar-refractivity contribution in [1.29, 1.82) is 0 Å². The van der Waals surface area contributed by atoms with E-state index >= 15 is 0 Å². The van der Waals surface area contributed by atoms with Gasteiger partial charge >= 0.3 is 0 Å². The molecule has 0 unspecified atom stereocenters. The zero-order valence-corrected chi connectivity index (χ0v) is 20.2. The molecule has 7 aromatic rings. The highest BCUT2D eigenvalue weighted by Crippen LogP contribution is 2.51. The Labute approximate surface area is 208 Å². The smallest absolute Gasteiger partial charge is 0.235 e. The van der Waals surface area contributed by atoms with Gasteiger partial charge in [-0.05, 0) is 57.3 Å². The Balaban J connectivity index is 1.49. The summed E-state index contributed by atoms with van der Waals surface area (Å²) in [6.45, 7) is 4.71. The number of para-hydroxylation sites is 2. The third kappa shape index (κ3) is 2.47. The highest BCUT2D eigenvalue weighted by molar-refractivity contribution is 6.15. The van der Waals surface area contributed by atoms with Crippen molar-refractivity contribution in [1.82, 2.24) is 14.5 Å². The molecule has 0 fully saturated rings. The number of benzene rings is 5. The van der Waals surface area contributed by atoms with E-state index in [1.165, 1.54) is 43.8 Å². The molecule has 0 radical (unpaired) electrons. The summed E-state index contributed by atoms with van der Waals surface area (Å²) >= 11 is 0. The molecule has 0 bridgehead atoms. The van der Waals surface area contributed by atoms with Crippen molar-refractivity contribution in [2.45, 2.75) is 19.3 Å². The summed E-state index contributed by atoms with van der Waals surface area (Å²) in [7, 11) is 0. The second-order valence-electron chi connectivity index (χ2n) is 10.3. The maximum absolute atomic E-state index is 4.96. The maximum atomic E-state index is 4.96. The quantitative estimate of drug-likeness (QED) is 0.247. The van der Waals surface area contributed by atoms with Gasteiger partial charge in [-0.15, -0.1) is 0 Å². The van der Waals surface area contributed by atoms with Gasteiger partial charge in [0.2, 0.25) is 5.95 Å². The first-order chi connectivity index (χ1) is 17.6. The van der Waals surface area contributed by atoms with E-state index in [9.17, 15) is 0 Å². The Kier molecular flexibility index (Phi) is 3.73. The molecule has 1 aliphatic rings. The lowest BCUT2D eigenvalue weighted by molar-refractivity contribution is 0.666. The van der Waals surface area contributed by atoms with Gasteiger partial charge in [0.05, 0.1) is 16.6 Å². The zero-order valence-electron chi connectivity index (χ0n) is 20.2. The van der Waals surface area contributed by atoms with Crippen LogP contribution in [0.5, 0.6) is 0 Å². The molecule has 0 N–H and O–H groups in total. The van der Waals surface area contributed by atoms with Crippen LogP contribution in [0, 0.1) is 0 Å². The number of fused-ring (bicyclic) bond motifs is 9. The van der Waals surface area contributed by atoms with Crippen molar-refractivity contribution < 1.29 is 0 Å². The topological polar surface area (TPSA) is 30.7 Å². The van der Waals surface area contributed by atoms with Crippen LogP contribution in [0.4, 0.5) is 0 Å². The number of nitrogens with zero attached hydrogens (tertiary/aromatic N) is 3. The molecule has 3 nitrogen and oxygen atoms in total. The van der Waals surface area contributed by atoms with E-state index < -0.39 is 0 Å². The Hall–Kier alpha value is -4.50. The van der Waals surface area contributed by atoms with Gasteiger partial charge in [0.15, 0.2) is 0 Å². The zero-order chi connectivity index (χ0) is 24.0. The third-order valence-electron chi connectivity index (χ3n) is 8.00. The lowest BCUT2D eigenvalue weighted by Gasteiger charge is -2.23. The summed E-state index contributed by atoms with van der Waals surface area (Å²) in [6.07, 6.45) is 1.92. The predicted octanol–water partition coefficient (Wildman–Crippen LogP) is 8.19. The van der Waals surface area contributed by atoms with Crippen molar-refractivity contribution >= 4 is 43.5 Å². The molecular formula is C33H23N3. The van der Waals surface area contributed by atoms with Crippen LogP contribution >= 0.6 is 0 Å². The maximum Gasteiger partial charge on any atom is 0.235 e. The van der Waals surface area contributed by atoms with Crippen molar-refractivity contribution in [3.63, 3.8) is 0 Å². The van der Waals surface area contributed by atoms with Gasteiger partial charge in [0.1, 0.15) is 0 Å². The van der Waals surface area contributed by atoms with Crippen LogP contribution in [0.3, 0.4) is 0 Å². The van der Waals surface area contributed by atoms with Gasteiger partial charge in [0, 0.05) is 27.8 Å². The van der Waals surface area contributed by atoms with E-state index in [-0.39, 0.29) is 5.41 Å². The molecule has 2 aromatic heterocycles. The first kappa shape index (κ1) is 19.8. The van der Waals surface area contributed by atoms with Crippen LogP contribution < -0.4 is 0 Å². The van der Waals surface area contributed by atoms with E-state index in [2.05, 4.69) is 97.3 Å². The van der Waals surface area contributed by atoms with Crippen LogP contribution in [0.25, 0.3) is 60.6 Å². The van der Waals surface area contributed by atoms with E-state index in [4.69, 9.17) is 9.97 Å². The molecule has 8 rings (SSSR count). The van der Waals surface area contributed by atoms with Crippen LogP contribution in [0.15, 0.2) is 103 Å². The molecular weight excluding hydrogens is 438 g/mol. The predicted molar refractivity (Wildman–Crippen MR) is 149 cm³/mol. The summed E-state index contributed by atoms with van der Waals surface area (Å²) in [5, 5.41) is 6.06. The van der Waals surface area contributed by atoms with E-state index in [0.29, 0.717) is 5.95 Å². The molecule has 0 atom stereocenters. The molecule has 0 saturated heterocycles. The Bertz CT molecular complexity index is 2030. The lowest BCUT2D eigenvalue weighted by Crippen LogP contribution is -2.15. The highest BCUT2D eigenvalue weighted by Gasteiger charge is 2.36. The number of hydrogen-bond acceptors (Lipinski definition) is 2. The number of hydrogen-bond donors (Lipinski definition) is 0. The summed E-state index contributed by atoms with van der Waals surface area (Å²) < 4.78 is 2.21. The third-order valence-corrected chi connectivity index (χ3v) is 8.00. The minimum absolute atomic E-state index is 0.0566. The molecule has 170 valence electrons. The van der Waals surface area contributed by atoms with E-state index in [1.54, 1.807) is 0 Å². The average Bonchev–Trinajstić information content (AvgIpc) is 3.36. The lowest BCUT2D eigenvalue weighted by atomic mass is 9.80. The number of aromatic nitrogens is 3. The first-order valence-electron chi connectivity index (χ1n) is 12.4. The summed E-state index contributed by atoms with van der Waals surface area (Å²) in [5.74, 6) is 0.702. The van der Waals surface area contributed by atoms with Crippen molar-refractivity contribution in [2.24, 2.45) is 0 Å². The first-order valence-corrected chi connectivity index (χ1v) is 12.4. The minimum atomic E-state index is -0.0566. The molecule has 2 heterocycles. The summed E-state index contributed by atoms with van der Waals surface area (Å²) in [5.41, 5.74) is 8.67. The van der Waals surface area contributed by atoms with Crippen molar-refractivity contribution in [3.05, 3.63) is 114 Å². The second kappa shape index (κ2) is 6.79. The van der Waals surface area contributed by atoms with Crippen LogP contribution in [0.1, 0.15) is 25.0 Å². The summed E-state index contributed by atoms with van der Waals surface area (Å²) in [4.78, 5) is 9.75. The molecule has 3 heteroatoms. The van der Waals surface area contributed by atoms with Gasteiger partial charge in [0.25, 0.3) is 0 Å². The molecule has 36 heavy (non-hydrogen) atoms. The fourth-order valence-corrected chi connectivity index (χ4v) is 6.37. The average molecular weight is 462 g/mol. The van der Waals surface area contributed by atoms with Gasteiger partial charge in [-0.25, -0.2) is 9.97 Å². The fourth-order valence-electron chi connectivity index (χ4n) is 6.37. The van der Waals surface area contributed by atoms with Crippen molar-refractivity contribution in [2.75, 3.05) is 0 Å². The van der Waals surface area contributed by atoms with E-state index in [0.717, 1.165) is 21.9 Å². The minimum Gasteiger partial charge on any atom is -0.278 e. The standard InChI is InChI=1S/C33H23N3/c1-33(2)27-12-6-4-10-22(27)24-16-15-20-17-30-26(18-25(20)31(24)33)23-11-5-8-14-29(23)36(30)32-34-19-21-9-3-7-13-28(21)35-32/h3-19H,1-2H3. The normalized spacial score (nSPS) is 14.1. The molecule has 5 aromatic carbocycles. The molecule has 0 aliphatic heterocycles. The van der Waals surface area contributed by atoms with Gasteiger partial charge < -0.3 is 0 Å². The van der Waals surface area contributed by atoms with Crippen LogP contribution in [0.2, 0.25) is 0 Å². The van der Waals surface area contributed by atoms with Gasteiger partial charge in [-0.3, -0.25) is 4.57 Å². The van der Waals surface area contributed by atoms with E-state index in [1.807, 2.05) is 24.4 Å². The Morgan fingerprint density at radius 3 is 2.39 bits per heavy atom.